The standard InChI is InChI=1S/C17H18N2O2S/c1-3-22(20,21)12-13-8-15(11-18-10-13)17-9-14-6-4-5-7-16(14)19(17)2/h4-11H,3,12H2,1-2H3. The van der Waals surface area contributed by atoms with Gasteiger partial charge in [0.2, 0.25) is 0 Å². The number of nitrogens with zero attached hydrogens (tertiary/aromatic N) is 2. The highest BCUT2D eigenvalue weighted by Gasteiger charge is 2.12. The number of aryl methyl sites for hydroxylation is 1. The lowest BCUT2D eigenvalue weighted by Crippen LogP contribution is -2.07. The molecule has 0 bridgehead atoms. The van der Waals surface area contributed by atoms with Crippen molar-refractivity contribution in [2.24, 2.45) is 7.05 Å². The van der Waals surface area contributed by atoms with Crippen molar-refractivity contribution in [3.63, 3.8) is 0 Å². The average molecular weight is 314 g/mol. The van der Waals surface area contributed by atoms with Gasteiger partial charge in [0.25, 0.3) is 0 Å². The molecule has 114 valence electrons. The van der Waals surface area contributed by atoms with E-state index in [0.717, 1.165) is 27.7 Å². The number of para-hydroxylation sites is 1. The molecule has 2 heterocycles. The van der Waals surface area contributed by atoms with Crippen LogP contribution < -0.4 is 0 Å². The van der Waals surface area contributed by atoms with Gasteiger partial charge in [0.15, 0.2) is 9.84 Å². The van der Waals surface area contributed by atoms with Crippen molar-refractivity contribution >= 4 is 20.7 Å². The molecule has 3 rings (SSSR count). The smallest absolute Gasteiger partial charge is 0.154 e. The normalized spacial score (nSPS) is 11.9. The predicted molar refractivity (Wildman–Crippen MR) is 89.3 cm³/mol. The molecule has 2 aromatic heterocycles. The summed E-state index contributed by atoms with van der Waals surface area (Å²) in [5, 5.41) is 1.16. The molecule has 0 saturated carbocycles. The van der Waals surface area contributed by atoms with Gasteiger partial charge in [0.05, 0.1) is 11.4 Å². The Morgan fingerprint density at radius 2 is 1.91 bits per heavy atom. The zero-order chi connectivity index (χ0) is 15.7. The molecule has 0 spiro atoms. The summed E-state index contributed by atoms with van der Waals surface area (Å²) in [5.41, 5.74) is 3.83. The molecule has 1 aromatic carbocycles. The molecule has 0 fully saturated rings. The van der Waals surface area contributed by atoms with Crippen LogP contribution >= 0.6 is 0 Å². The summed E-state index contributed by atoms with van der Waals surface area (Å²) in [6, 6.07) is 12.2. The average Bonchev–Trinajstić information content (AvgIpc) is 2.85. The van der Waals surface area contributed by atoms with Crippen molar-refractivity contribution in [2.75, 3.05) is 5.75 Å². The number of sulfone groups is 1. The predicted octanol–water partition coefficient (Wildman–Crippen LogP) is 3.18. The third-order valence-corrected chi connectivity index (χ3v) is 5.52. The van der Waals surface area contributed by atoms with E-state index in [0.29, 0.717) is 0 Å². The van der Waals surface area contributed by atoms with E-state index < -0.39 is 9.84 Å². The highest BCUT2D eigenvalue weighted by atomic mass is 32.2. The minimum absolute atomic E-state index is 0.0360. The summed E-state index contributed by atoms with van der Waals surface area (Å²) in [5.74, 6) is 0.180. The third-order valence-electron chi connectivity index (χ3n) is 3.87. The lowest BCUT2D eigenvalue weighted by Gasteiger charge is -2.07. The molecule has 0 aliphatic carbocycles. The lowest BCUT2D eigenvalue weighted by molar-refractivity contribution is 0.596. The highest BCUT2D eigenvalue weighted by molar-refractivity contribution is 7.90. The van der Waals surface area contributed by atoms with Crippen LogP contribution in [0.3, 0.4) is 0 Å². The van der Waals surface area contributed by atoms with Gasteiger partial charge in [0.1, 0.15) is 0 Å². The second-order valence-corrected chi connectivity index (χ2v) is 7.76. The van der Waals surface area contributed by atoms with Crippen LogP contribution in [-0.4, -0.2) is 23.7 Å². The third kappa shape index (κ3) is 2.76. The van der Waals surface area contributed by atoms with Gasteiger partial charge in [-0.2, -0.15) is 0 Å². The van der Waals surface area contributed by atoms with Crippen molar-refractivity contribution in [2.45, 2.75) is 12.7 Å². The number of hydrogen-bond donors (Lipinski definition) is 0. The Morgan fingerprint density at radius 3 is 2.64 bits per heavy atom. The SMILES string of the molecule is CCS(=O)(=O)Cc1cncc(-c2cc3ccccc3n2C)c1. The van der Waals surface area contributed by atoms with E-state index in [4.69, 9.17) is 0 Å². The Hall–Kier alpha value is -2.14. The van der Waals surface area contributed by atoms with E-state index >= 15 is 0 Å². The van der Waals surface area contributed by atoms with E-state index in [1.807, 2.05) is 25.2 Å². The van der Waals surface area contributed by atoms with Crippen LogP contribution in [-0.2, 0) is 22.6 Å². The Bertz CT molecular complexity index is 927. The fraction of sp³-hybridized carbons (Fsp3) is 0.235. The van der Waals surface area contributed by atoms with Gasteiger partial charge in [-0.05, 0) is 23.8 Å². The number of aromatic nitrogens is 2. The molecule has 5 heteroatoms. The van der Waals surface area contributed by atoms with Gasteiger partial charge in [-0.3, -0.25) is 4.98 Å². The van der Waals surface area contributed by atoms with Gasteiger partial charge in [-0.15, -0.1) is 0 Å². The van der Waals surface area contributed by atoms with Crippen LogP contribution in [0.4, 0.5) is 0 Å². The Morgan fingerprint density at radius 1 is 1.14 bits per heavy atom. The number of hydrogen-bond acceptors (Lipinski definition) is 3. The van der Waals surface area contributed by atoms with Crippen LogP contribution in [0, 0.1) is 0 Å². The van der Waals surface area contributed by atoms with E-state index in [2.05, 4.69) is 27.8 Å². The molecule has 0 aliphatic rings. The first-order chi connectivity index (χ1) is 10.5. The van der Waals surface area contributed by atoms with E-state index in [1.54, 1.807) is 19.3 Å². The molecular formula is C17H18N2O2S. The Labute approximate surface area is 130 Å². The molecule has 0 unspecified atom stereocenters. The molecule has 0 saturated heterocycles. The number of rotatable bonds is 4. The van der Waals surface area contributed by atoms with Crippen molar-refractivity contribution in [1.82, 2.24) is 9.55 Å². The minimum Gasteiger partial charge on any atom is -0.344 e. The number of fused-ring (bicyclic) bond motifs is 1. The van der Waals surface area contributed by atoms with Gasteiger partial charge >= 0.3 is 0 Å². The summed E-state index contributed by atoms with van der Waals surface area (Å²) >= 11 is 0. The van der Waals surface area contributed by atoms with Gasteiger partial charge in [0, 0.05) is 41.7 Å². The molecule has 0 aliphatic heterocycles. The van der Waals surface area contributed by atoms with E-state index in [1.165, 1.54) is 0 Å². The largest absolute Gasteiger partial charge is 0.344 e. The van der Waals surface area contributed by atoms with Crippen molar-refractivity contribution in [3.05, 3.63) is 54.4 Å². The van der Waals surface area contributed by atoms with Crippen molar-refractivity contribution in [1.29, 1.82) is 0 Å². The molecule has 3 aromatic rings. The fourth-order valence-corrected chi connectivity index (χ4v) is 3.50. The summed E-state index contributed by atoms with van der Waals surface area (Å²) in [6.07, 6.45) is 3.40. The zero-order valence-electron chi connectivity index (χ0n) is 12.7. The molecule has 0 N–H and O–H groups in total. The molecular weight excluding hydrogens is 296 g/mol. The monoisotopic (exact) mass is 314 g/mol. The number of benzene rings is 1. The fourth-order valence-electron chi connectivity index (χ4n) is 2.63. The van der Waals surface area contributed by atoms with Gasteiger partial charge in [-0.25, -0.2) is 8.42 Å². The maximum Gasteiger partial charge on any atom is 0.154 e. The first-order valence-electron chi connectivity index (χ1n) is 7.19. The molecule has 0 atom stereocenters. The first-order valence-corrected chi connectivity index (χ1v) is 9.01. The lowest BCUT2D eigenvalue weighted by atomic mass is 10.1. The maximum absolute atomic E-state index is 11.8. The van der Waals surface area contributed by atoms with Crippen LogP contribution in [0.2, 0.25) is 0 Å². The van der Waals surface area contributed by atoms with Gasteiger partial charge in [-0.1, -0.05) is 25.1 Å². The van der Waals surface area contributed by atoms with Crippen molar-refractivity contribution < 1.29 is 8.42 Å². The topological polar surface area (TPSA) is 52.0 Å². The number of pyridine rings is 1. The Balaban J connectivity index is 2.06. The van der Waals surface area contributed by atoms with Crippen LogP contribution in [0.15, 0.2) is 48.8 Å². The summed E-state index contributed by atoms with van der Waals surface area (Å²) < 4.78 is 25.7. The minimum atomic E-state index is -3.05. The summed E-state index contributed by atoms with van der Waals surface area (Å²) in [6.45, 7) is 1.66. The molecule has 22 heavy (non-hydrogen) atoms. The van der Waals surface area contributed by atoms with Gasteiger partial charge < -0.3 is 4.57 Å². The zero-order valence-corrected chi connectivity index (χ0v) is 13.5. The second kappa shape index (κ2) is 5.57. The maximum atomic E-state index is 11.8. The Kier molecular flexibility index (Phi) is 3.74. The van der Waals surface area contributed by atoms with Crippen molar-refractivity contribution in [3.8, 4) is 11.3 Å². The molecule has 0 amide bonds. The summed E-state index contributed by atoms with van der Waals surface area (Å²) in [4.78, 5) is 4.21. The van der Waals surface area contributed by atoms with E-state index in [-0.39, 0.29) is 11.5 Å². The quantitative estimate of drug-likeness (QED) is 0.743. The molecule has 0 radical (unpaired) electrons. The highest BCUT2D eigenvalue weighted by Crippen LogP contribution is 2.27. The van der Waals surface area contributed by atoms with Crippen LogP contribution in [0.25, 0.3) is 22.2 Å². The van der Waals surface area contributed by atoms with E-state index in [9.17, 15) is 8.42 Å². The second-order valence-electron chi connectivity index (χ2n) is 5.41. The summed E-state index contributed by atoms with van der Waals surface area (Å²) in [7, 11) is -1.05. The first kappa shape index (κ1) is 14.8. The van der Waals surface area contributed by atoms with Crippen LogP contribution in [0.5, 0.6) is 0 Å². The van der Waals surface area contributed by atoms with Crippen LogP contribution in [0.1, 0.15) is 12.5 Å². The molecule has 4 nitrogen and oxygen atoms in total.